The van der Waals surface area contributed by atoms with Gasteiger partial charge in [-0.25, -0.2) is 28.6 Å². The molecule has 442 valence electrons. The van der Waals surface area contributed by atoms with Crippen molar-refractivity contribution in [1.29, 1.82) is 0 Å². The van der Waals surface area contributed by atoms with Gasteiger partial charge in [0.1, 0.15) is 36.3 Å². The number of thioether (sulfide) groups is 1. The quantitative estimate of drug-likeness (QED) is 0.0492. The number of aromatic nitrogens is 4. The van der Waals surface area contributed by atoms with Gasteiger partial charge in [0.15, 0.2) is 22.8 Å². The van der Waals surface area contributed by atoms with Crippen LogP contribution < -0.4 is 16.4 Å². The first-order valence-corrected chi connectivity index (χ1v) is 32.3. The number of amides is 2. The number of carbonyl (C=O) groups is 3. The topological polar surface area (TPSA) is 404 Å². The molecule has 12 N–H and O–H groups in total. The first kappa shape index (κ1) is 63.1. The van der Waals surface area contributed by atoms with Crippen molar-refractivity contribution in [2.75, 3.05) is 37.8 Å². The number of nitrogens with two attached hydrogens (primary N) is 1. The number of hydrogen-bond donors (Lipinski definition) is 11. The molecule has 0 spiro atoms. The van der Waals surface area contributed by atoms with Gasteiger partial charge in [-0.3, -0.25) is 32.5 Å². The highest BCUT2D eigenvalue weighted by atomic mass is 32.2. The molecule has 2 amide bonds. The van der Waals surface area contributed by atoms with Crippen molar-refractivity contribution in [3.63, 3.8) is 0 Å². The number of rotatable bonds is 25. The van der Waals surface area contributed by atoms with Crippen LogP contribution in [0.4, 0.5) is 5.82 Å². The molecule has 2 aromatic heterocycles. The van der Waals surface area contributed by atoms with Gasteiger partial charge < -0.3 is 61.1 Å². The Bertz CT molecular complexity index is 2600. The van der Waals surface area contributed by atoms with Gasteiger partial charge in [0.05, 0.1) is 31.7 Å². The van der Waals surface area contributed by atoms with Crippen molar-refractivity contribution in [2.24, 2.45) is 57.7 Å². The largest absolute Gasteiger partial charge is 0.481 e. The molecular formula is C48H80N7O19P3S. The Hall–Kier alpha value is -2.52. The Morgan fingerprint density at radius 1 is 0.923 bits per heavy atom. The van der Waals surface area contributed by atoms with Gasteiger partial charge in [-0.05, 0) is 104 Å². The van der Waals surface area contributed by atoms with Gasteiger partial charge in [-0.15, -0.1) is 0 Å². The lowest BCUT2D eigenvalue weighted by Crippen LogP contribution is -2.58. The molecule has 5 fully saturated rings. The lowest BCUT2D eigenvalue weighted by atomic mass is 9.43. The SMILES string of the molecule is CC(CCCC(C)C1CCC2C3C(O)CC4CC(O)CCC4(C)C3CCC12C)C(=O)SCCNC(=O)CCNC(=O)C(O)C(C)(C)COP(=O)(O)OP(=O)(O)OCC1OC(n2cnc3c(N)ncnc32)C(O)C1OP(=O)(O)O. The fourth-order valence-corrected chi connectivity index (χ4v) is 17.3. The molecule has 0 bridgehead atoms. The molecule has 18 atom stereocenters. The summed E-state index contributed by atoms with van der Waals surface area (Å²) in [5.74, 6) is 1.58. The predicted octanol–water partition coefficient (Wildman–Crippen LogP) is 4.10. The Kier molecular flexibility index (Phi) is 20.3. The minimum atomic E-state index is -5.60. The number of phosphoric acid groups is 3. The standard InChI is InChI=1S/C48H80N7O19P3S/c1-26(30-10-11-31-36-32(13-16-48(30,31)6)47(5)15-12-29(56)20-28(47)21-33(36)57)8-7-9-27(2)45(62)78-19-18-50-35(58)14-17-51-43(61)40(60)46(3,4)23-71-77(68,69)74-76(66,67)70-22-34-39(73-75(63,64)65)38(59)44(72-34)55-25-54-37-41(49)52-24-53-42(37)55/h24-34,36,38-40,44,56-57,59-60H,7-23H2,1-6H3,(H,50,58)(H,51,61)(H,66,67)(H,68,69)(H2,49,52,53)(H2,63,64,65). The zero-order valence-electron chi connectivity index (χ0n) is 44.9. The van der Waals surface area contributed by atoms with E-state index < -0.39 is 84.6 Å². The molecule has 18 unspecified atom stereocenters. The zero-order valence-corrected chi connectivity index (χ0v) is 48.4. The van der Waals surface area contributed by atoms with E-state index in [0.29, 0.717) is 41.3 Å². The van der Waals surface area contributed by atoms with Crippen LogP contribution in [0.1, 0.15) is 125 Å². The van der Waals surface area contributed by atoms with E-state index in [9.17, 15) is 68.1 Å². The fourth-order valence-electron chi connectivity index (χ4n) is 13.7. The Balaban J connectivity index is 0.764. The zero-order chi connectivity index (χ0) is 57.3. The molecule has 0 aromatic carbocycles. The summed E-state index contributed by atoms with van der Waals surface area (Å²) in [6.07, 6.45) is 3.42. The van der Waals surface area contributed by atoms with Gasteiger partial charge in [0.2, 0.25) is 11.8 Å². The fraction of sp³-hybridized carbons (Fsp3) is 0.833. The van der Waals surface area contributed by atoms with E-state index in [-0.39, 0.29) is 70.6 Å². The molecule has 30 heteroatoms. The van der Waals surface area contributed by atoms with Crippen molar-refractivity contribution >= 4 is 69.1 Å². The van der Waals surface area contributed by atoms with Gasteiger partial charge in [0.25, 0.3) is 0 Å². The van der Waals surface area contributed by atoms with E-state index in [1.54, 1.807) is 0 Å². The molecule has 78 heavy (non-hydrogen) atoms. The van der Waals surface area contributed by atoms with Crippen molar-refractivity contribution in [3.05, 3.63) is 12.7 Å². The maximum absolute atomic E-state index is 13.0. The van der Waals surface area contributed by atoms with Crippen molar-refractivity contribution in [2.45, 2.75) is 161 Å². The van der Waals surface area contributed by atoms with Gasteiger partial charge in [-0.1, -0.05) is 66.1 Å². The van der Waals surface area contributed by atoms with Crippen molar-refractivity contribution in [3.8, 4) is 0 Å². The first-order chi connectivity index (χ1) is 36.4. The monoisotopic (exact) mass is 1180 g/mol. The number of nitrogens with one attached hydrogen (secondary N) is 2. The summed E-state index contributed by atoms with van der Waals surface area (Å²) < 4.78 is 62.8. The van der Waals surface area contributed by atoms with Gasteiger partial charge in [0, 0.05) is 36.6 Å². The number of phosphoric ester groups is 3. The van der Waals surface area contributed by atoms with Crippen LogP contribution in [-0.4, -0.2) is 145 Å². The van der Waals surface area contributed by atoms with Gasteiger partial charge >= 0.3 is 23.5 Å². The second-order valence-corrected chi connectivity index (χ2v) is 28.8. The highest BCUT2D eigenvalue weighted by Crippen LogP contribution is 2.68. The maximum Gasteiger partial charge on any atom is 0.481 e. The first-order valence-electron chi connectivity index (χ1n) is 26.8. The number of imidazole rings is 1. The second-order valence-electron chi connectivity index (χ2n) is 23.5. The van der Waals surface area contributed by atoms with Crippen molar-refractivity contribution < 1.29 is 90.7 Å². The smallest absolute Gasteiger partial charge is 0.393 e. The van der Waals surface area contributed by atoms with E-state index in [0.717, 1.165) is 86.8 Å². The number of anilines is 1. The minimum absolute atomic E-state index is 0.0293. The summed E-state index contributed by atoms with van der Waals surface area (Å²) in [6, 6.07) is 0. The van der Waals surface area contributed by atoms with Gasteiger partial charge in [-0.2, -0.15) is 4.31 Å². The maximum atomic E-state index is 13.0. The van der Waals surface area contributed by atoms with Crippen LogP contribution in [0.5, 0.6) is 0 Å². The summed E-state index contributed by atoms with van der Waals surface area (Å²) in [4.78, 5) is 89.9. The third-order valence-corrected chi connectivity index (χ3v) is 22.1. The van der Waals surface area contributed by atoms with E-state index in [1.165, 1.54) is 26.7 Å². The molecule has 4 aliphatic carbocycles. The third kappa shape index (κ3) is 14.6. The lowest BCUT2D eigenvalue weighted by Gasteiger charge is -2.62. The molecule has 3 heterocycles. The van der Waals surface area contributed by atoms with Crippen LogP contribution in [0, 0.1) is 57.7 Å². The summed E-state index contributed by atoms with van der Waals surface area (Å²) in [5.41, 5.74) is 4.67. The summed E-state index contributed by atoms with van der Waals surface area (Å²) in [7, 11) is -16.5. The molecule has 26 nitrogen and oxygen atoms in total. The predicted molar refractivity (Wildman–Crippen MR) is 282 cm³/mol. The van der Waals surface area contributed by atoms with Crippen LogP contribution in [0.15, 0.2) is 12.7 Å². The molecule has 7 rings (SSSR count). The normalized spacial score (nSPS) is 33.9. The number of aliphatic hydroxyl groups excluding tert-OH is 4. The number of aliphatic hydroxyl groups is 4. The molecule has 1 saturated heterocycles. The third-order valence-electron chi connectivity index (χ3n) is 17.9. The van der Waals surface area contributed by atoms with E-state index in [1.807, 2.05) is 6.92 Å². The molecule has 4 saturated carbocycles. The number of ether oxygens (including phenoxy) is 1. The van der Waals surface area contributed by atoms with Crippen LogP contribution in [-0.2, 0) is 50.7 Å². The molecule has 1 aliphatic heterocycles. The number of nitrogen functional groups attached to an aromatic ring is 1. The van der Waals surface area contributed by atoms with E-state index in [4.69, 9.17) is 19.5 Å². The highest BCUT2D eigenvalue weighted by Gasteiger charge is 2.63. The number of fused-ring (bicyclic) bond motifs is 6. The molecular weight excluding hydrogens is 1100 g/mol. The minimum Gasteiger partial charge on any atom is -0.393 e. The van der Waals surface area contributed by atoms with Crippen LogP contribution in [0.25, 0.3) is 11.2 Å². The average molecular weight is 1180 g/mol. The average Bonchev–Trinajstić information content (AvgIpc) is 4.21. The number of nitrogens with zero attached hydrogens (tertiary/aromatic N) is 4. The van der Waals surface area contributed by atoms with Crippen LogP contribution in [0.3, 0.4) is 0 Å². The van der Waals surface area contributed by atoms with Crippen molar-refractivity contribution in [1.82, 2.24) is 30.2 Å². The van der Waals surface area contributed by atoms with E-state index in [2.05, 4.69) is 55.2 Å². The second kappa shape index (κ2) is 25.1. The van der Waals surface area contributed by atoms with E-state index >= 15 is 0 Å². The summed E-state index contributed by atoms with van der Waals surface area (Å²) >= 11 is 1.16. The molecule has 5 aliphatic rings. The summed E-state index contributed by atoms with van der Waals surface area (Å²) in [6.45, 7) is 9.72. The number of hydrogen-bond acceptors (Lipinski definition) is 20. The van der Waals surface area contributed by atoms with Crippen LogP contribution >= 0.6 is 35.2 Å². The Morgan fingerprint density at radius 2 is 1.62 bits per heavy atom. The molecule has 0 radical (unpaired) electrons. The summed E-state index contributed by atoms with van der Waals surface area (Å²) in [5, 5.41) is 48.9. The highest BCUT2D eigenvalue weighted by molar-refractivity contribution is 8.13. The van der Waals surface area contributed by atoms with Crippen LogP contribution in [0.2, 0.25) is 0 Å². The Labute approximate surface area is 457 Å². The lowest BCUT2D eigenvalue weighted by molar-refractivity contribution is -0.174. The number of carbonyl (C=O) groups excluding carboxylic acids is 3. The Morgan fingerprint density at radius 3 is 2.33 bits per heavy atom. The molecule has 2 aromatic rings.